The van der Waals surface area contributed by atoms with Gasteiger partial charge in [-0.15, -0.1) is 26.3 Å². The van der Waals surface area contributed by atoms with E-state index in [9.17, 15) is 52.7 Å². The monoisotopic (exact) mass is 1190 g/mol. The lowest BCUT2D eigenvalue weighted by atomic mass is 9.85. The molecule has 1 aliphatic heterocycles. The minimum Gasteiger partial charge on any atom is -0.405 e. The second-order valence-electron chi connectivity index (χ2n) is 18.0. The van der Waals surface area contributed by atoms with Gasteiger partial charge in [-0.3, -0.25) is 0 Å². The van der Waals surface area contributed by atoms with Gasteiger partial charge in [0, 0.05) is 72.4 Å². The fourth-order valence-electron chi connectivity index (χ4n) is 8.60. The molecule has 7 rings (SSSR count). The summed E-state index contributed by atoms with van der Waals surface area (Å²) in [7, 11) is 0. The van der Waals surface area contributed by atoms with Gasteiger partial charge in [-0.25, -0.2) is 9.97 Å². The lowest BCUT2D eigenvalue weighted by Crippen LogP contribution is -2.37. The van der Waals surface area contributed by atoms with Crippen molar-refractivity contribution in [1.82, 2.24) is 24.8 Å². The molecule has 0 unspecified atom stereocenters. The Morgan fingerprint density at radius 2 is 0.946 bits per heavy atom. The first-order valence-electron chi connectivity index (χ1n) is 24.1. The van der Waals surface area contributed by atoms with E-state index in [4.69, 9.17) is 5.73 Å². The first-order valence-corrected chi connectivity index (χ1v) is 26.4. The standard InChI is InChI=1S/C24H29F6N5O.C20H23F6N5O.C4H8Br2/c25-23(26,27)19-15-33-22(32-14-17-5-1-2-6-20(17)36-24(28,29)30)34-21(19)31-13-16-7-9-18(10-8-16)35-11-3-4-12-35;21-19(22,23)15-11-30-18(31-17(15)28-9-12-5-7-14(27)8-6-12)29-10-13-3-1-2-4-16(13)32-20(24,25)26;5-3-1-2-4-6/h1-2,5-6,15-16,18H,3-4,7-14H2,(H2,31,32,33,34);1-4,11-12,14H,5-10,27H2,(H2,28,29,30,31);1-4H2. The number of halogens is 14. The summed E-state index contributed by atoms with van der Waals surface area (Å²) >= 11 is 6.66. The molecule has 0 radical (unpaired) electrons. The van der Waals surface area contributed by atoms with Crippen LogP contribution in [0.2, 0.25) is 0 Å². The van der Waals surface area contributed by atoms with Crippen molar-refractivity contribution < 1.29 is 62.2 Å². The highest BCUT2D eigenvalue weighted by Crippen LogP contribution is 2.37. The van der Waals surface area contributed by atoms with Crippen LogP contribution in [0.4, 0.5) is 76.2 Å². The number of nitrogens with two attached hydrogens (primary N) is 1. The van der Waals surface area contributed by atoms with E-state index in [0.717, 1.165) is 87.2 Å². The largest absolute Gasteiger partial charge is 0.573 e. The molecule has 0 atom stereocenters. The summed E-state index contributed by atoms with van der Waals surface area (Å²) in [6, 6.07) is 11.6. The van der Waals surface area contributed by atoms with Crippen LogP contribution in [0.1, 0.15) is 99.3 Å². The topological polar surface area (TPSA) is 147 Å². The van der Waals surface area contributed by atoms with Crippen LogP contribution in [0, 0.1) is 11.8 Å². The molecule has 4 aromatic rings. The van der Waals surface area contributed by atoms with Crippen LogP contribution in [0.15, 0.2) is 60.9 Å². The number of benzene rings is 2. The lowest BCUT2D eigenvalue weighted by molar-refractivity contribution is -0.275. The molecule has 6 N–H and O–H groups in total. The van der Waals surface area contributed by atoms with Gasteiger partial charge in [0.2, 0.25) is 11.9 Å². The Labute approximate surface area is 438 Å². The second kappa shape index (κ2) is 28.5. The van der Waals surface area contributed by atoms with Gasteiger partial charge in [0.15, 0.2) is 0 Å². The number of ether oxygens (including phenoxy) is 2. The van der Waals surface area contributed by atoms with Crippen LogP contribution in [-0.4, -0.2) is 86.5 Å². The smallest absolute Gasteiger partial charge is 0.405 e. The molecule has 74 heavy (non-hydrogen) atoms. The summed E-state index contributed by atoms with van der Waals surface area (Å²) in [5.74, 6) is -1.44. The molecule has 3 fully saturated rings. The maximum absolute atomic E-state index is 13.6. The van der Waals surface area contributed by atoms with Crippen molar-refractivity contribution in [1.29, 1.82) is 0 Å². The molecule has 0 spiro atoms. The van der Waals surface area contributed by atoms with Gasteiger partial charge in [-0.05, 0) is 114 Å². The van der Waals surface area contributed by atoms with Crippen molar-refractivity contribution in [3.8, 4) is 11.5 Å². The quantitative estimate of drug-likeness (QED) is 0.0367. The number of unbranched alkanes of at least 4 members (excludes halogenated alkanes) is 1. The van der Waals surface area contributed by atoms with Gasteiger partial charge < -0.3 is 41.4 Å². The highest BCUT2D eigenvalue weighted by molar-refractivity contribution is 9.09. The molecule has 1 saturated heterocycles. The minimum atomic E-state index is -4.87. The molecule has 0 bridgehead atoms. The van der Waals surface area contributed by atoms with E-state index in [1.165, 1.54) is 62.1 Å². The molecule has 26 heteroatoms. The average Bonchev–Trinajstić information content (AvgIpc) is 3.89. The zero-order valence-corrected chi connectivity index (χ0v) is 43.3. The molecule has 3 aliphatic rings. The molecule has 2 saturated carbocycles. The minimum absolute atomic E-state index is 0.121. The molecule has 2 aliphatic carbocycles. The Morgan fingerprint density at radius 1 is 0.554 bits per heavy atom. The number of hydrogen-bond donors (Lipinski definition) is 5. The van der Waals surface area contributed by atoms with E-state index in [-0.39, 0.29) is 65.6 Å². The summed E-state index contributed by atoms with van der Waals surface area (Å²) in [6.07, 6.45) is -5.53. The average molecular weight is 1200 g/mol. The molecular formula is C48H60Br2F12N10O2. The number of nitrogens with zero attached hydrogens (tertiary/aromatic N) is 5. The molecule has 2 aromatic heterocycles. The first kappa shape index (κ1) is 60.3. The Bertz CT molecular complexity index is 2290. The highest BCUT2D eigenvalue weighted by atomic mass is 79.9. The first-order chi connectivity index (χ1) is 35.0. The van der Waals surface area contributed by atoms with Gasteiger partial charge in [0.1, 0.15) is 34.3 Å². The SMILES string of the molecule is BrCCCCBr.FC(F)(F)Oc1ccccc1CNc1ncc(C(F)(F)F)c(NCC2CCC(N3CCCC3)CC2)n1.NC1CCC(CNc2nc(NCc3ccccc3OC(F)(F)F)ncc2C(F)(F)F)CC1. The van der Waals surface area contributed by atoms with Crippen molar-refractivity contribution >= 4 is 55.4 Å². The van der Waals surface area contributed by atoms with E-state index >= 15 is 0 Å². The fraction of sp³-hybridized carbons (Fsp3) is 0.583. The predicted molar refractivity (Wildman–Crippen MR) is 265 cm³/mol. The van der Waals surface area contributed by atoms with Gasteiger partial charge in [-0.1, -0.05) is 68.3 Å². The van der Waals surface area contributed by atoms with E-state index in [1.54, 1.807) is 0 Å². The van der Waals surface area contributed by atoms with Gasteiger partial charge in [0.05, 0.1) is 0 Å². The van der Waals surface area contributed by atoms with Crippen LogP contribution < -0.4 is 36.5 Å². The van der Waals surface area contributed by atoms with E-state index in [0.29, 0.717) is 31.5 Å². The molecule has 3 heterocycles. The number of aromatic nitrogens is 4. The summed E-state index contributed by atoms with van der Waals surface area (Å²) in [5, 5.41) is 13.2. The summed E-state index contributed by atoms with van der Waals surface area (Å²) in [4.78, 5) is 17.8. The highest BCUT2D eigenvalue weighted by Gasteiger charge is 2.38. The van der Waals surface area contributed by atoms with Crippen LogP contribution in [-0.2, 0) is 25.4 Å². The second-order valence-corrected chi connectivity index (χ2v) is 19.6. The van der Waals surface area contributed by atoms with E-state index in [2.05, 4.69) is 87.4 Å². The Morgan fingerprint density at radius 3 is 1.32 bits per heavy atom. The van der Waals surface area contributed by atoms with Crippen LogP contribution in [0.25, 0.3) is 0 Å². The fourth-order valence-corrected chi connectivity index (χ4v) is 9.39. The normalized spacial score (nSPS) is 19.6. The summed E-state index contributed by atoms with van der Waals surface area (Å²) in [6.45, 7) is 2.57. The number of rotatable bonds is 18. The van der Waals surface area contributed by atoms with Crippen molar-refractivity contribution in [2.24, 2.45) is 17.6 Å². The van der Waals surface area contributed by atoms with Gasteiger partial charge in [-0.2, -0.15) is 36.3 Å². The van der Waals surface area contributed by atoms with Gasteiger partial charge in [0.25, 0.3) is 0 Å². The van der Waals surface area contributed by atoms with Crippen molar-refractivity contribution in [2.75, 3.05) is 58.1 Å². The predicted octanol–water partition coefficient (Wildman–Crippen LogP) is 13.6. The number of anilines is 4. The summed E-state index contributed by atoms with van der Waals surface area (Å²) in [5.41, 5.74) is 4.15. The maximum Gasteiger partial charge on any atom is 0.573 e. The Kier molecular flexibility index (Phi) is 23.3. The number of para-hydroxylation sites is 2. The maximum atomic E-state index is 13.6. The summed E-state index contributed by atoms with van der Waals surface area (Å²) < 4.78 is 164. The zero-order chi connectivity index (χ0) is 53.9. The van der Waals surface area contributed by atoms with Crippen molar-refractivity contribution in [3.63, 3.8) is 0 Å². The third kappa shape index (κ3) is 20.9. The Hall–Kier alpha value is -4.56. The van der Waals surface area contributed by atoms with Crippen LogP contribution >= 0.6 is 31.9 Å². The number of hydrogen-bond acceptors (Lipinski definition) is 12. The number of likely N-dealkylation sites (tertiary alicyclic amines) is 1. The van der Waals surface area contributed by atoms with Crippen molar-refractivity contribution in [3.05, 3.63) is 83.2 Å². The number of nitrogens with one attached hydrogen (secondary N) is 4. The third-order valence-corrected chi connectivity index (χ3v) is 13.6. The van der Waals surface area contributed by atoms with Crippen molar-refractivity contribution in [2.45, 2.75) is 127 Å². The van der Waals surface area contributed by atoms with E-state index in [1.807, 2.05) is 0 Å². The molecule has 0 amide bonds. The zero-order valence-electron chi connectivity index (χ0n) is 40.1. The van der Waals surface area contributed by atoms with E-state index < -0.39 is 47.7 Å². The molecular weight excluding hydrogens is 1140 g/mol. The molecule has 2 aromatic carbocycles. The molecule has 12 nitrogen and oxygen atoms in total. The number of alkyl halides is 14. The van der Waals surface area contributed by atoms with Crippen LogP contribution in [0.5, 0.6) is 11.5 Å². The van der Waals surface area contributed by atoms with Gasteiger partial charge >= 0.3 is 25.1 Å². The van der Waals surface area contributed by atoms with Crippen LogP contribution in [0.3, 0.4) is 0 Å². The third-order valence-electron chi connectivity index (χ3n) is 12.5. The Balaban J connectivity index is 0.000000248. The lowest BCUT2D eigenvalue weighted by Gasteiger charge is -2.34. The molecule has 412 valence electrons.